The van der Waals surface area contributed by atoms with Crippen molar-refractivity contribution in [3.05, 3.63) is 84.6 Å². The molecule has 0 aliphatic carbocycles. The van der Waals surface area contributed by atoms with Crippen LogP contribution in [0.5, 0.6) is 11.6 Å². The van der Waals surface area contributed by atoms with Crippen molar-refractivity contribution >= 4 is 45.0 Å². The fourth-order valence-corrected chi connectivity index (χ4v) is 3.89. The monoisotopic (exact) mass is 455 g/mol. The Balaban J connectivity index is 1.31. The summed E-state index contributed by atoms with van der Waals surface area (Å²) in [6.07, 6.45) is 6.42. The van der Waals surface area contributed by atoms with Gasteiger partial charge in [-0.05, 0) is 48.8 Å². The summed E-state index contributed by atoms with van der Waals surface area (Å²) >= 11 is 1.19. The number of nitrogens with zero attached hydrogens (tertiary/aromatic N) is 5. The Morgan fingerprint density at radius 1 is 0.970 bits per heavy atom. The number of hydrogen-bond acceptors (Lipinski definition) is 9. The summed E-state index contributed by atoms with van der Waals surface area (Å²) < 4.78 is 9.96. The average molecular weight is 456 g/mol. The molecule has 0 unspecified atom stereocenters. The lowest BCUT2D eigenvalue weighted by Gasteiger charge is -2.09. The van der Waals surface area contributed by atoms with Crippen LogP contribution in [0.2, 0.25) is 0 Å². The first-order chi connectivity index (χ1) is 16.2. The van der Waals surface area contributed by atoms with Gasteiger partial charge in [0.2, 0.25) is 5.88 Å². The summed E-state index contributed by atoms with van der Waals surface area (Å²) in [5, 5.41) is 6.60. The molecule has 5 aromatic rings. The van der Waals surface area contributed by atoms with Crippen LogP contribution in [0, 0.1) is 6.92 Å². The highest BCUT2D eigenvalue weighted by Crippen LogP contribution is 2.29. The first-order valence-corrected chi connectivity index (χ1v) is 10.7. The van der Waals surface area contributed by atoms with Gasteiger partial charge in [-0.25, -0.2) is 9.97 Å². The highest BCUT2D eigenvalue weighted by atomic mass is 32.1. The van der Waals surface area contributed by atoms with E-state index in [0.717, 1.165) is 11.0 Å². The molecule has 10 heteroatoms. The van der Waals surface area contributed by atoms with E-state index in [9.17, 15) is 4.79 Å². The van der Waals surface area contributed by atoms with Gasteiger partial charge in [-0.2, -0.15) is 4.37 Å². The third-order valence-corrected chi connectivity index (χ3v) is 5.48. The molecule has 0 bridgehead atoms. The van der Waals surface area contributed by atoms with Crippen LogP contribution < -0.4 is 15.4 Å². The van der Waals surface area contributed by atoms with Crippen molar-refractivity contribution in [1.82, 2.24) is 24.3 Å². The summed E-state index contributed by atoms with van der Waals surface area (Å²) in [5.41, 5.74) is 3.13. The normalized spacial score (nSPS) is 10.7. The molecule has 33 heavy (non-hydrogen) atoms. The maximum Gasteiger partial charge on any atom is 0.260 e. The lowest BCUT2D eigenvalue weighted by molar-refractivity contribution is 0.102. The number of nitrogens with one attached hydrogen (secondary N) is 2. The predicted octanol–water partition coefficient (Wildman–Crippen LogP) is 4.97. The van der Waals surface area contributed by atoms with E-state index in [1.165, 1.54) is 17.7 Å². The quantitative estimate of drug-likeness (QED) is 0.369. The van der Waals surface area contributed by atoms with Gasteiger partial charge in [0.05, 0.1) is 46.6 Å². The molecule has 5 rings (SSSR count). The number of rotatable bonds is 6. The molecule has 9 nitrogen and oxygen atoms in total. The van der Waals surface area contributed by atoms with Crippen molar-refractivity contribution in [2.75, 3.05) is 10.6 Å². The second kappa shape index (κ2) is 8.97. The zero-order valence-electron chi connectivity index (χ0n) is 17.4. The van der Waals surface area contributed by atoms with Crippen LogP contribution in [0.1, 0.15) is 16.1 Å². The zero-order valence-corrected chi connectivity index (χ0v) is 18.2. The molecular weight excluding hydrogens is 438 g/mol. The number of aryl methyl sites for hydroxylation is 1. The van der Waals surface area contributed by atoms with Crippen molar-refractivity contribution in [3.63, 3.8) is 0 Å². The molecule has 0 spiro atoms. The highest BCUT2D eigenvalue weighted by Gasteiger charge is 2.19. The van der Waals surface area contributed by atoms with Crippen LogP contribution in [-0.4, -0.2) is 30.2 Å². The van der Waals surface area contributed by atoms with Gasteiger partial charge in [0.25, 0.3) is 5.91 Å². The molecule has 2 N–H and O–H groups in total. The molecule has 0 atom stereocenters. The van der Waals surface area contributed by atoms with E-state index in [-0.39, 0.29) is 5.91 Å². The summed E-state index contributed by atoms with van der Waals surface area (Å²) in [6, 6.07) is 14.5. The van der Waals surface area contributed by atoms with Crippen LogP contribution in [0.4, 0.5) is 16.5 Å². The van der Waals surface area contributed by atoms with Crippen molar-refractivity contribution in [2.24, 2.45) is 0 Å². The number of fused-ring (bicyclic) bond motifs is 1. The summed E-state index contributed by atoms with van der Waals surface area (Å²) in [6.45, 7) is 1.78. The second-order valence-electron chi connectivity index (χ2n) is 6.97. The molecule has 162 valence electrons. The van der Waals surface area contributed by atoms with E-state index >= 15 is 0 Å². The van der Waals surface area contributed by atoms with Crippen molar-refractivity contribution in [1.29, 1.82) is 0 Å². The summed E-state index contributed by atoms with van der Waals surface area (Å²) in [4.78, 5) is 30.2. The topological polar surface area (TPSA) is 115 Å². The van der Waals surface area contributed by atoms with Gasteiger partial charge in [-0.15, -0.1) is 0 Å². The van der Waals surface area contributed by atoms with Gasteiger partial charge >= 0.3 is 0 Å². The Kier molecular flexibility index (Phi) is 5.56. The number of anilines is 3. The van der Waals surface area contributed by atoms with Crippen molar-refractivity contribution in [2.45, 2.75) is 6.92 Å². The molecule has 4 heterocycles. The summed E-state index contributed by atoms with van der Waals surface area (Å²) in [5.74, 6) is 1.20. The fourth-order valence-electron chi connectivity index (χ4n) is 3.09. The molecule has 4 aromatic heterocycles. The molecule has 0 radical (unpaired) electrons. The Labute approximate surface area is 192 Å². The first-order valence-electron chi connectivity index (χ1n) is 9.96. The molecule has 1 aromatic carbocycles. The smallest absolute Gasteiger partial charge is 0.260 e. The second-order valence-corrected chi connectivity index (χ2v) is 7.74. The minimum absolute atomic E-state index is 0.305. The molecule has 0 saturated carbocycles. The average Bonchev–Trinajstić information content (AvgIpc) is 3.21. The van der Waals surface area contributed by atoms with E-state index in [4.69, 9.17) is 4.74 Å². The Morgan fingerprint density at radius 2 is 1.85 bits per heavy atom. The van der Waals surface area contributed by atoms with Crippen LogP contribution in [0.3, 0.4) is 0 Å². The van der Waals surface area contributed by atoms with E-state index in [1.807, 2.05) is 24.3 Å². The number of hydrogen-bond donors (Lipinski definition) is 2. The number of ether oxygens (including phenoxy) is 1. The largest absolute Gasteiger partial charge is 0.437 e. The number of aromatic nitrogens is 5. The minimum Gasteiger partial charge on any atom is -0.437 e. The third-order valence-electron chi connectivity index (χ3n) is 4.63. The number of amides is 1. The molecule has 0 saturated heterocycles. The molecule has 0 aliphatic heterocycles. The lowest BCUT2D eigenvalue weighted by atomic mass is 10.2. The Hall–Kier alpha value is -4.44. The number of pyridine rings is 2. The molecule has 1 amide bonds. The van der Waals surface area contributed by atoms with Gasteiger partial charge in [-0.1, -0.05) is 12.1 Å². The number of carbonyl (C=O) groups excluding carboxylic acids is 1. The number of para-hydroxylation sites is 2. The van der Waals surface area contributed by atoms with Crippen molar-refractivity contribution in [3.8, 4) is 11.6 Å². The van der Waals surface area contributed by atoms with E-state index < -0.39 is 0 Å². The van der Waals surface area contributed by atoms with E-state index in [0.29, 0.717) is 39.4 Å². The fraction of sp³-hybridized carbons (Fsp3) is 0.0435. The highest BCUT2D eigenvalue weighted by molar-refractivity contribution is 7.10. The molecule has 0 aliphatic rings. The van der Waals surface area contributed by atoms with Gasteiger partial charge in [0.15, 0.2) is 0 Å². The minimum atomic E-state index is -0.305. The molecular formula is C23H17N7O2S. The van der Waals surface area contributed by atoms with Crippen LogP contribution in [0.25, 0.3) is 11.0 Å². The maximum absolute atomic E-state index is 13.0. The van der Waals surface area contributed by atoms with Crippen LogP contribution >= 0.6 is 11.5 Å². The molecule has 0 fully saturated rings. The predicted molar refractivity (Wildman–Crippen MR) is 126 cm³/mol. The lowest BCUT2D eigenvalue weighted by Crippen LogP contribution is -2.14. The van der Waals surface area contributed by atoms with Crippen LogP contribution in [0.15, 0.2) is 73.3 Å². The number of carbonyl (C=O) groups is 1. The standard InChI is InChI=1S/C23H17N7O2S/c1-14-21(23(33-30-14)29-19-13-25-17-6-2-3-7-18(17)28-19)22(31)27-15-8-9-20(26-11-15)32-16-5-4-10-24-12-16/h2-13H,1H3,(H,27,31)(H,28,29). The van der Waals surface area contributed by atoms with Gasteiger partial charge in [0, 0.05) is 12.3 Å². The maximum atomic E-state index is 13.0. The van der Waals surface area contributed by atoms with E-state index in [1.54, 1.807) is 49.8 Å². The zero-order chi connectivity index (χ0) is 22.6. The van der Waals surface area contributed by atoms with E-state index in [2.05, 4.69) is 34.9 Å². The summed E-state index contributed by atoms with van der Waals surface area (Å²) in [7, 11) is 0. The third kappa shape index (κ3) is 4.60. The Morgan fingerprint density at radius 3 is 2.64 bits per heavy atom. The van der Waals surface area contributed by atoms with Gasteiger partial charge in [0.1, 0.15) is 16.6 Å². The first kappa shape index (κ1) is 20.5. The van der Waals surface area contributed by atoms with Gasteiger partial charge < -0.3 is 15.4 Å². The SMILES string of the molecule is Cc1nsc(Nc2cnc3ccccc3n2)c1C(=O)Nc1ccc(Oc2cccnc2)nc1. The van der Waals surface area contributed by atoms with Gasteiger partial charge in [-0.3, -0.25) is 14.8 Å². The van der Waals surface area contributed by atoms with Crippen LogP contribution in [-0.2, 0) is 0 Å². The number of benzene rings is 1. The van der Waals surface area contributed by atoms with Crippen molar-refractivity contribution < 1.29 is 9.53 Å². The Bertz CT molecular complexity index is 1420.